The largest absolute Gasteiger partial charge is 0.465 e. The van der Waals surface area contributed by atoms with Crippen LogP contribution >= 0.6 is 0 Å². The Balaban J connectivity index is 1.65. The van der Waals surface area contributed by atoms with E-state index in [9.17, 15) is 0 Å². The second kappa shape index (κ2) is 2.97. The third kappa shape index (κ3) is 1.36. The van der Waals surface area contributed by atoms with Crippen molar-refractivity contribution in [2.45, 2.75) is 69.5 Å². The van der Waals surface area contributed by atoms with Crippen LogP contribution in [0.4, 0.5) is 0 Å². The van der Waals surface area contributed by atoms with Gasteiger partial charge < -0.3 is 9.15 Å². The van der Waals surface area contributed by atoms with Gasteiger partial charge >= 0.3 is 0 Å². The van der Waals surface area contributed by atoms with Crippen LogP contribution in [0.15, 0.2) is 10.5 Å². The molecule has 0 N–H and O–H groups in total. The molecule has 0 aromatic carbocycles. The van der Waals surface area contributed by atoms with Crippen molar-refractivity contribution in [3.8, 4) is 0 Å². The van der Waals surface area contributed by atoms with Gasteiger partial charge in [0.2, 0.25) is 0 Å². The Morgan fingerprint density at radius 3 is 2.59 bits per heavy atom. The molecule has 0 radical (unpaired) electrons. The molecule has 3 aliphatic rings. The van der Waals surface area contributed by atoms with Crippen LogP contribution in [0.5, 0.6) is 0 Å². The fourth-order valence-electron chi connectivity index (χ4n) is 4.07. The minimum Gasteiger partial charge on any atom is -0.465 e. The Bertz CT molecular complexity index is 461. The van der Waals surface area contributed by atoms with Crippen molar-refractivity contribution in [2.75, 3.05) is 0 Å². The molecule has 2 fully saturated rings. The molecule has 0 amide bonds. The maximum absolute atomic E-state index is 6.18. The number of ether oxygens (including phenoxy) is 1. The number of rotatable bonds is 2. The van der Waals surface area contributed by atoms with E-state index < -0.39 is 0 Å². The molecule has 2 saturated heterocycles. The zero-order valence-electron chi connectivity index (χ0n) is 10.7. The molecule has 0 spiro atoms. The lowest BCUT2D eigenvalue weighted by Gasteiger charge is -2.27. The predicted octanol–water partition coefficient (Wildman–Crippen LogP) is 3.37. The van der Waals surface area contributed by atoms with E-state index in [1.165, 1.54) is 42.8 Å². The molecule has 0 atom stereocenters. The summed E-state index contributed by atoms with van der Waals surface area (Å²) in [6.45, 7) is 4.57. The van der Waals surface area contributed by atoms with Gasteiger partial charge in [-0.05, 0) is 37.3 Å². The maximum atomic E-state index is 6.18. The summed E-state index contributed by atoms with van der Waals surface area (Å²) in [5.41, 5.74) is 1.79. The first-order chi connectivity index (χ1) is 8.06. The van der Waals surface area contributed by atoms with Gasteiger partial charge in [0.1, 0.15) is 11.5 Å². The predicted molar refractivity (Wildman–Crippen MR) is 65.2 cm³/mol. The Morgan fingerprint density at radius 2 is 2.06 bits per heavy atom. The highest BCUT2D eigenvalue weighted by atomic mass is 16.5. The van der Waals surface area contributed by atoms with Gasteiger partial charge in [-0.1, -0.05) is 13.8 Å². The van der Waals surface area contributed by atoms with E-state index >= 15 is 0 Å². The van der Waals surface area contributed by atoms with Crippen LogP contribution in [-0.2, 0) is 23.0 Å². The lowest BCUT2D eigenvalue weighted by atomic mass is 9.77. The maximum Gasteiger partial charge on any atom is 0.113 e. The van der Waals surface area contributed by atoms with E-state index in [1.807, 2.05) is 0 Å². The van der Waals surface area contributed by atoms with E-state index in [1.54, 1.807) is 0 Å². The summed E-state index contributed by atoms with van der Waals surface area (Å²) in [4.78, 5) is 0. The zero-order valence-corrected chi connectivity index (χ0v) is 10.7. The van der Waals surface area contributed by atoms with Crippen LogP contribution in [0, 0.1) is 0 Å². The molecule has 17 heavy (non-hydrogen) atoms. The van der Waals surface area contributed by atoms with Gasteiger partial charge in [0, 0.05) is 18.3 Å². The smallest absolute Gasteiger partial charge is 0.113 e. The van der Waals surface area contributed by atoms with Crippen molar-refractivity contribution in [2.24, 2.45) is 0 Å². The van der Waals surface area contributed by atoms with Crippen molar-refractivity contribution in [1.82, 2.24) is 0 Å². The summed E-state index contributed by atoms with van der Waals surface area (Å²) in [6.07, 6.45) is 7.73. The molecule has 2 heteroatoms. The fourth-order valence-corrected chi connectivity index (χ4v) is 4.07. The van der Waals surface area contributed by atoms with E-state index in [2.05, 4.69) is 19.9 Å². The number of hydrogen-bond acceptors (Lipinski definition) is 2. The van der Waals surface area contributed by atoms with Gasteiger partial charge in [-0.25, -0.2) is 0 Å². The average molecular weight is 232 g/mol. The highest BCUT2D eigenvalue weighted by molar-refractivity contribution is 5.36. The quantitative estimate of drug-likeness (QED) is 0.780. The van der Waals surface area contributed by atoms with Gasteiger partial charge in [0.25, 0.3) is 0 Å². The average Bonchev–Trinajstić information content (AvgIpc) is 2.94. The summed E-state index contributed by atoms with van der Waals surface area (Å²) in [5, 5.41) is 0. The van der Waals surface area contributed by atoms with Crippen LogP contribution < -0.4 is 0 Å². The number of furan rings is 1. The summed E-state index contributed by atoms with van der Waals surface area (Å²) in [7, 11) is 0. The zero-order chi connectivity index (χ0) is 11.7. The van der Waals surface area contributed by atoms with Gasteiger partial charge in [-0.15, -0.1) is 0 Å². The lowest BCUT2D eigenvalue weighted by Crippen LogP contribution is -2.29. The van der Waals surface area contributed by atoms with Crippen LogP contribution in [0.2, 0.25) is 0 Å². The number of hydrogen-bond donors (Lipinski definition) is 0. The molecule has 1 aromatic rings. The highest BCUT2D eigenvalue weighted by Crippen LogP contribution is 2.48. The first-order valence-electron chi connectivity index (χ1n) is 6.86. The molecular formula is C15H20O2. The summed E-state index contributed by atoms with van der Waals surface area (Å²) >= 11 is 0. The second-order valence-electron chi connectivity index (χ2n) is 6.80. The monoisotopic (exact) mass is 232 g/mol. The standard InChI is InChI=1S/C15H20O2/c1-14(2)9-12-7-10(13(14)16-12)8-15-5-3-11(17-15)4-6-15/h7,11H,3-6,8-9H2,1-2H3. The van der Waals surface area contributed by atoms with Crippen molar-refractivity contribution in [3.05, 3.63) is 23.2 Å². The van der Waals surface area contributed by atoms with E-state index in [4.69, 9.17) is 9.15 Å². The van der Waals surface area contributed by atoms with Crippen molar-refractivity contribution < 1.29 is 9.15 Å². The molecule has 4 bridgehead atoms. The molecule has 92 valence electrons. The van der Waals surface area contributed by atoms with E-state index in [0.717, 1.165) is 12.8 Å². The van der Waals surface area contributed by atoms with E-state index in [-0.39, 0.29) is 11.0 Å². The summed E-state index contributed by atoms with van der Waals surface area (Å²) in [6, 6.07) is 2.27. The third-order valence-corrected chi connectivity index (χ3v) is 4.86. The minimum absolute atomic E-state index is 0.161. The molecule has 0 aliphatic carbocycles. The van der Waals surface area contributed by atoms with Gasteiger partial charge in [-0.2, -0.15) is 0 Å². The van der Waals surface area contributed by atoms with Crippen LogP contribution in [-0.4, -0.2) is 11.7 Å². The van der Waals surface area contributed by atoms with Crippen LogP contribution in [0.3, 0.4) is 0 Å². The fraction of sp³-hybridized carbons (Fsp3) is 0.733. The molecule has 0 unspecified atom stereocenters. The molecular weight excluding hydrogens is 212 g/mol. The summed E-state index contributed by atoms with van der Waals surface area (Å²) in [5.74, 6) is 2.39. The van der Waals surface area contributed by atoms with Crippen molar-refractivity contribution >= 4 is 0 Å². The topological polar surface area (TPSA) is 22.4 Å². The Morgan fingerprint density at radius 1 is 1.29 bits per heavy atom. The van der Waals surface area contributed by atoms with Gasteiger partial charge in [-0.3, -0.25) is 0 Å². The molecule has 4 heterocycles. The molecule has 1 aromatic heterocycles. The molecule has 2 nitrogen and oxygen atoms in total. The second-order valence-corrected chi connectivity index (χ2v) is 6.80. The molecule has 3 aliphatic heterocycles. The molecule has 0 saturated carbocycles. The Kier molecular flexibility index (Phi) is 1.78. The number of fused-ring (bicyclic) bond motifs is 4. The third-order valence-electron chi connectivity index (χ3n) is 4.86. The van der Waals surface area contributed by atoms with Crippen molar-refractivity contribution in [3.63, 3.8) is 0 Å². The van der Waals surface area contributed by atoms with Crippen LogP contribution in [0.1, 0.15) is 56.6 Å². The summed E-state index contributed by atoms with van der Waals surface area (Å²) < 4.78 is 12.1. The molecule has 4 rings (SSSR count). The Labute approximate surface area is 102 Å². The Hall–Kier alpha value is -0.760. The highest BCUT2D eigenvalue weighted by Gasteiger charge is 2.48. The van der Waals surface area contributed by atoms with Crippen LogP contribution in [0.25, 0.3) is 0 Å². The first-order valence-corrected chi connectivity index (χ1v) is 6.86. The minimum atomic E-state index is 0.161. The van der Waals surface area contributed by atoms with E-state index in [0.29, 0.717) is 6.10 Å². The van der Waals surface area contributed by atoms with Gasteiger partial charge in [0.05, 0.1) is 11.7 Å². The lowest BCUT2D eigenvalue weighted by molar-refractivity contribution is 0.0134. The van der Waals surface area contributed by atoms with Gasteiger partial charge in [0.15, 0.2) is 0 Å². The normalized spacial score (nSPS) is 36.9. The van der Waals surface area contributed by atoms with Crippen molar-refractivity contribution in [1.29, 1.82) is 0 Å². The first kappa shape index (κ1) is 10.2. The SMILES string of the molecule is CC1(C)Cc2cc(CC34CCC(CC3)O4)c1o2.